The van der Waals surface area contributed by atoms with Crippen LogP contribution in [-0.2, 0) is 9.53 Å². The molecule has 0 bridgehead atoms. The van der Waals surface area contributed by atoms with Gasteiger partial charge in [0.2, 0.25) is 0 Å². The van der Waals surface area contributed by atoms with Crippen molar-refractivity contribution in [1.82, 2.24) is 9.55 Å². The summed E-state index contributed by atoms with van der Waals surface area (Å²) in [4.78, 5) is 19.2. The molecule has 1 aliphatic rings. The molecule has 2 atom stereocenters. The van der Waals surface area contributed by atoms with Crippen molar-refractivity contribution in [3.63, 3.8) is 0 Å². The standard InChI is InChI=1S/C29H34FN3O3/c1-5-32(6-2)23-9-7-8-21(16-23)27-28(20-10-12-22(30)13-11-20)33(29(31-27)19(3)4)15-14-25-17-24(34)18-26(35)36-25/h7-16,19,24-25,34H,5-6,17-18H2,1-4H3/t24-,25-/m1/s1. The van der Waals surface area contributed by atoms with E-state index in [0.29, 0.717) is 6.42 Å². The highest BCUT2D eigenvalue weighted by Crippen LogP contribution is 2.37. The van der Waals surface area contributed by atoms with E-state index in [1.807, 2.05) is 22.9 Å². The topological polar surface area (TPSA) is 67.6 Å². The SMILES string of the molecule is CCN(CC)c1cccc(-c2nc(C(C)C)n(C=C[C@@H]3C[C@@H](O)CC(=O)O3)c2-c2ccc(F)cc2)c1. The molecule has 0 spiro atoms. The van der Waals surface area contributed by atoms with Crippen molar-refractivity contribution in [2.24, 2.45) is 0 Å². The van der Waals surface area contributed by atoms with Gasteiger partial charge in [-0.2, -0.15) is 0 Å². The van der Waals surface area contributed by atoms with Crippen LogP contribution in [0.5, 0.6) is 0 Å². The minimum atomic E-state index is -0.719. The van der Waals surface area contributed by atoms with Crippen molar-refractivity contribution in [2.75, 3.05) is 18.0 Å². The lowest BCUT2D eigenvalue weighted by Gasteiger charge is -2.23. The third-order valence-electron chi connectivity index (χ3n) is 6.46. The maximum Gasteiger partial charge on any atom is 0.309 e. The van der Waals surface area contributed by atoms with Gasteiger partial charge in [0, 0.05) is 48.4 Å². The molecule has 190 valence electrons. The molecule has 4 rings (SSSR count). The average molecular weight is 492 g/mol. The van der Waals surface area contributed by atoms with Crippen LogP contribution < -0.4 is 4.90 Å². The third-order valence-corrected chi connectivity index (χ3v) is 6.46. The summed E-state index contributed by atoms with van der Waals surface area (Å²) in [6, 6.07) is 14.7. The van der Waals surface area contributed by atoms with Crippen LogP contribution in [0.1, 0.15) is 52.3 Å². The van der Waals surface area contributed by atoms with Gasteiger partial charge in [-0.25, -0.2) is 9.37 Å². The fourth-order valence-corrected chi connectivity index (χ4v) is 4.64. The van der Waals surface area contributed by atoms with Gasteiger partial charge in [0.1, 0.15) is 17.7 Å². The van der Waals surface area contributed by atoms with Gasteiger partial charge in [0.15, 0.2) is 0 Å². The smallest absolute Gasteiger partial charge is 0.309 e. The number of cyclic esters (lactones) is 1. The van der Waals surface area contributed by atoms with E-state index in [0.717, 1.165) is 47.1 Å². The number of halogens is 1. The number of aromatic nitrogens is 2. The van der Waals surface area contributed by atoms with Crippen molar-refractivity contribution in [1.29, 1.82) is 0 Å². The molecule has 6 nitrogen and oxygen atoms in total. The molecule has 2 heterocycles. The van der Waals surface area contributed by atoms with Gasteiger partial charge < -0.3 is 19.3 Å². The first kappa shape index (κ1) is 25.6. The minimum absolute atomic E-state index is 0.0144. The number of aliphatic hydroxyl groups is 1. The highest BCUT2D eigenvalue weighted by molar-refractivity contribution is 5.82. The highest BCUT2D eigenvalue weighted by Gasteiger charge is 2.26. The van der Waals surface area contributed by atoms with Crippen LogP contribution in [0.15, 0.2) is 54.6 Å². The maximum absolute atomic E-state index is 13.8. The third kappa shape index (κ3) is 5.51. The number of carbonyl (C=O) groups excluding carboxylic acids is 1. The van der Waals surface area contributed by atoms with E-state index in [4.69, 9.17) is 9.72 Å². The largest absolute Gasteiger partial charge is 0.458 e. The predicted octanol–water partition coefficient (Wildman–Crippen LogP) is 5.86. The number of hydrogen-bond donors (Lipinski definition) is 1. The van der Waals surface area contributed by atoms with E-state index in [1.165, 1.54) is 12.1 Å². The molecule has 0 radical (unpaired) electrons. The van der Waals surface area contributed by atoms with Crippen LogP contribution in [-0.4, -0.2) is 45.9 Å². The van der Waals surface area contributed by atoms with Gasteiger partial charge in [-0.1, -0.05) is 26.0 Å². The summed E-state index contributed by atoms with van der Waals surface area (Å²) < 4.78 is 21.2. The summed E-state index contributed by atoms with van der Waals surface area (Å²) in [6.07, 6.45) is 2.76. The molecule has 1 fully saturated rings. The van der Waals surface area contributed by atoms with Crippen LogP contribution in [0.4, 0.5) is 10.1 Å². The molecule has 1 N–H and O–H groups in total. The Bertz CT molecular complexity index is 1230. The summed E-state index contributed by atoms with van der Waals surface area (Å²) in [5.74, 6) is 0.202. The summed E-state index contributed by atoms with van der Waals surface area (Å²) in [5, 5.41) is 10.0. The zero-order valence-corrected chi connectivity index (χ0v) is 21.3. The lowest BCUT2D eigenvalue weighted by Crippen LogP contribution is -2.31. The van der Waals surface area contributed by atoms with Crippen molar-refractivity contribution in [3.05, 3.63) is 66.2 Å². The fraction of sp³-hybridized carbons (Fsp3) is 0.379. The Labute approximate surface area is 212 Å². The van der Waals surface area contributed by atoms with Gasteiger partial charge in [-0.3, -0.25) is 4.79 Å². The number of carbonyl (C=O) groups is 1. The monoisotopic (exact) mass is 491 g/mol. The van der Waals surface area contributed by atoms with E-state index >= 15 is 0 Å². The molecule has 0 aliphatic carbocycles. The van der Waals surface area contributed by atoms with E-state index < -0.39 is 18.2 Å². The fourth-order valence-electron chi connectivity index (χ4n) is 4.64. The number of hydrogen-bond acceptors (Lipinski definition) is 5. The predicted molar refractivity (Wildman–Crippen MR) is 141 cm³/mol. The zero-order chi connectivity index (χ0) is 25.8. The summed E-state index contributed by atoms with van der Waals surface area (Å²) in [6.45, 7) is 10.2. The molecule has 7 heteroatoms. The van der Waals surface area contributed by atoms with Crippen LogP contribution in [0, 0.1) is 5.82 Å². The van der Waals surface area contributed by atoms with Gasteiger partial charge in [0.25, 0.3) is 0 Å². The van der Waals surface area contributed by atoms with Crippen molar-refractivity contribution in [2.45, 2.75) is 58.7 Å². The van der Waals surface area contributed by atoms with Crippen LogP contribution in [0.3, 0.4) is 0 Å². The molecule has 1 aromatic heterocycles. The summed E-state index contributed by atoms with van der Waals surface area (Å²) in [7, 11) is 0. The second kappa shape index (κ2) is 11.1. The summed E-state index contributed by atoms with van der Waals surface area (Å²) >= 11 is 0. The Balaban J connectivity index is 1.88. The number of esters is 1. The summed E-state index contributed by atoms with van der Waals surface area (Å²) in [5.41, 5.74) is 4.53. The first-order chi connectivity index (χ1) is 17.3. The quantitative estimate of drug-likeness (QED) is 0.400. The molecule has 3 aromatic rings. The highest BCUT2D eigenvalue weighted by atomic mass is 19.1. The van der Waals surface area contributed by atoms with Gasteiger partial charge in [-0.05, 0) is 56.3 Å². The molecule has 1 aliphatic heterocycles. The van der Waals surface area contributed by atoms with Crippen molar-refractivity contribution >= 4 is 17.9 Å². The Morgan fingerprint density at radius 2 is 1.89 bits per heavy atom. The number of imidazole rings is 1. The Morgan fingerprint density at radius 1 is 1.17 bits per heavy atom. The first-order valence-corrected chi connectivity index (χ1v) is 12.6. The van der Waals surface area contributed by atoms with E-state index in [1.54, 1.807) is 18.2 Å². The zero-order valence-electron chi connectivity index (χ0n) is 21.3. The second-order valence-electron chi connectivity index (χ2n) is 9.38. The number of anilines is 1. The van der Waals surface area contributed by atoms with Crippen molar-refractivity contribution in [3.8, 4) is 22.5 Å². The lowest BCUT2D eigenvalue weighted by molar-refractivity contribution is -0.156. The van der Waals surface area contributed by atoms with Crippen molar-refractivity contribution < 1.29 is 19.0 Å². The molecular weight excluding hydrogens is 457 g/mol. The number of nitrogens with zero attached hydrogens (tertiary/aromatic N) is 3. The Kier molecular flexibility index (Phi) is 7.89. The Hall–Kier alpha value is -3.45. The minimum Gasteiger partial charge on any atom is -0.458 e. The number of ether oxygens (including phenoxy) is 1. The number of rotatable bonds is 8. The van der Waals surface area contributed by atoms with E-state index in [9.17, 15) is 14.3 Å². The number of benzene rings is 2. The van der Waals surface area contributed by atoms with Gasteiger partial charge in [-0.15, -0.1) is 0 Å². The Morgan fingerprint density at radius 3 is 2.53 bits per heavy atom. The molecule has 0 unspecified atom stereocenters. The average Bonchev–Trinajstić information content (AvgIpc) is 3.23. The molecule has 2 aromatic carbocycles. The number of aliphatic hydroxyl groups excluding tert-OH is 1. The van der Waals surface area contributed by atoms with Gasteiger partial charge >= 0.3 is 5.97 Å². The van der Waals surface area contributed by atoms with Crippen LogP contribution in [0.2, 0.25) is 0 Å². The molecular formula is C29H34FN3O3. The first-order valence-electron chi connectivity index (χ1n) is 12.6. The molecule has 1 saturated heterocycles. The molecule has 36 heavy (non-hydrogen) atoms. The van der Waals surface area contributed by atoms with E-state index in [2.05, 4.69) is 44.7 Å². The molecule has 0 saturated carbocycles. The maximum atomic E-state index is 13.8. The second-order valence-corrected chi connectivity index (χ2v) is 9.38. The van der Waals surface area contributed by atoms with E-state index in [-0.39, 0.29) is 18.2 Å². The normalized spacial score (nSPS) is 18.1. The van der Waals surface area contributed by atoms with Crippen LogP contribution in [0.25, 0.3) is 28.7 Å². The van der Waals surface area contributed by atoms with Crippen LogP contribution >= 0.6 is 0 Å². The molecule has 0 amide bonds. The van der Waals surface area contributed by atoms with Gasteiger partial charge in [0.05, 0.1) is 23.9 Å². The lowest BCUT2D eigenvalue weighted by atomic mass is 10.0.